The van der Waals surface area contributed by atoms with Gasteiger partial charge in [0, 0.05) is 22.7 Å². The van der Waals surface area contributed by atoms with Crippen molar-refractivity contribution in [3.05, 3.63) is 66.2 Å². The maximum Gasteiger partial charge on any atom is 0.336 e. The maximum absolute atomic E-state index is 12.6. The topological polar surface area (TPSA) is 157 Å². The van der Waals surface area contributed by atoms with Crippen molar-refractivity contribution in [2.45, 2.75) is 17.3 Å². The molecule has 0 fully saturated rings. The van der Waals surface area contributed by atoms with Crippen LogP contribution >= 0.6 is 11.8 Å². The zero-order valence-corrected chi connectivity index (χ0v) is 18.3. The molecule has 0 aliphatic rings. The van der Waals surface area contributed by atoms with E-state index in [0.717, 1.165) is 17.3 Å². The first kappa shape index (κ1) is 22.0. The highest BCUT2D eigenvalue weighted by molar-refractivity contribution is 8.00. The van der Waals surface area contributed by atoms with Crippen LogP contribution in [0.5, 0.6) is 0 Å². The fraction of sp³-hybridized carbons (Fsp3) is 0.0870. The van der Waals surface area contributed by atoms with Crippen LogP contribution in [0.15, 0.2) is 65.8 Å². The standard InChI is InChI=1S/C23H20N6O3S/c1-12(33-23-28-19(24)11-20(25)29-23)21(30)26-14-8-6-13(7-9-14)18-10-16(22(31)32)15-4-2-3-5-17(15)27-18/h2-12H,1H3,(H,26,30)(H,31,32)(H4,24,25,28,29). The van der Waals surface area contributed by atoms with Crippen LogP contribution in [0.1, 0.15) is 17.3 Å². The van der Waals surface area contributed by atoms with E-state index in [2.05, 4.69) is 20.3 Å². The third kappa shape index (κ3) is 5.01. The van der Waals surface area contributed by atoms with Crippen LogP contribution in [0, 0.1) is 0 Å². The SMILES string of the molecule is CC(Sc1nc(N)cc(N)n1)C(=O)Nc1ccc(-c2cc(C(=O)O)c3ccccc3n2)cc1. The molecule has 1 amide bonds. The van der Waals surface area contributed by atoms with Crippen LogP contribution in [0.2, 0.25) is 0 Å². The number of pyridine rings is 1. The van der Waals surface area contributed by atoms with Crippen molar-refractivity contribution in [1.29, 1.82) is 0 Å². The molecule has 0 bridgehead atoms. The highest BCUT2D eigenvalue weighted by Crippen LogP contribution is 2.27. The van der Waals surface area contributed by atoms with E-state index in [4.69, 9.17) is 11.5 Å². The van der Waals surface area contributed by atoms with Gasteiger partial charge in [-0.15, -0.1) is 0 Å². The van der Waals surface area contributed by atoms with Gasteiger partial charge in [-0.2, -0.15) is 0 Å². The van der Waals surface area contributed by atoms with Crippen molar-refractivity contribution in [3.63, 3.8) is 0 Å². The number of nitrogens with two attached hydrogens (primary N) is 2. The molecule has 6 N–H and O–H groups in total. The summed E-state index contributed by atoms with van der Waals surface area (Å²) in [5, 5.41) is 12.8. The molecular weight excluding hydrogens is 440 g/mol. The predicted octanol–water partition coefficient (Wildman–Crippen LogP) is 3.67. The van der Waals surface area contributed by atoms with E-state index < -0.39 is 11.2 Å². The third-order valence-electron chi connectivity index (χ3n) is 4.79. The second kappa shape index (κ2) is 9.13. The number of para-hydroxylation sites is 1. The molecule has 0 radical (unpaired) electrons. The van der Waals surface area contributed by atoms with E-state index in [1.165, 1.54) is 6.07 Å². The van der Waals surface area contributed by atoms with Crippen molar-refractivity contribution in [2.24, 2.45) is 0 Å². The first-order valence-corrected chi connectivity index (χ1v) is 10.8. The van der Waals surface area contributed by atoms with Crippen molar-refractivity contribution < 1.29 is 14.7 Å². The van der Waals surface area contributed by atoms with E-state index in [0.29, 0.717) is 27.4 Å². The minimum atomic E-state index is -1.02. The molecule has 2 heterocycles. The first-order valence-electron chi connectivity index (χ1n) is 9.91. The molecule has 9 nitrogen and oxygen atoms in total. The van der Waals surface area contributed by atoms with Crippen LogP contribution in [-0.4, -0.2) is 37.2 Å². The monoisotopic (exact) mass is 460 g/mol. The lowest BCUT2D eigenvalue weighted by atomic mass is 10.0. The summed E-state index contributed by atoms with van der Waals surface area (Å²) in [6.07, 6.45) is 0. The van der Waals surface area contributed by atoms with E-state index >= 15 is 0 Å². The Morgan fingerprint density at radius 1 is 0.970 bits per heavy atom. The normalized spacial score (nSPS) is 11.8. The van der Waals surface area contributed by atoms with E-state index in [1.54, 1.807) is 55.5 Å². The Hall–Kier alpha value is -4.18. The number of nitrogens with one attached hydrogen (secondary N) is 1. The smallest absolute Gasteiger partial charge is 0.336 e. The number of benzene rings is 2. The van der Waals surface area contributed by atoms with Gasteiger partial charge in [-0.25, -0.2) is 19.7 Å². The Morgan fingerprint density at radius 3 is 2.30 bits per heavy atom. The molecule has 4 aromatic rings. The lowest BCUT2D eigenvalue weighted by Crippen LogP contribution is -2.22. The quantitative estimate of drug-likeness (QED) is 0.249. The number of thioether (sulfide) groups is 1. The maximum atomic E-state index is 12.6. The van der Waals surface area contributed by atoms with Gasteiger partial charge in [0.25, 0.3) is 0 Å². The Bertz CT molecular complexity index is 1340. The molecule has 0 spiro atoms. The molecule has 0 aliphatic carbocycles. The molecule has 1 atom stereocenters. The number of rotatable bonds is 6. The number of fused-ring (bicyclic) bond motifs is 1. The van der Waals surface area contributed by atoms with E-state index in [9.17, 15) is 14.7 Å². The molecule has 1 unspecified atom stereocenters. The van der Waals surface area contributed by atoms with Gasteiger partial charge in [-0.1, -0.05) is 42.1 Å². The molecule has 0 saturated carbocycles. The summed E-state index contributed by atoms with van der Waals surface area (Å²) in [5.41, 5.74) is 14.0. The molecule has 2 aromatic carbocycles. The van der Waals surface area contributed by atoms with Crippen LogP contribution in [0.3, 0.4) is 0 Å². The highest BCUT2D eigenvalue weighted by Gasteiger charge is 2.17. The fourth-order valence-electron chi connectivity index (χ4n) is 3.19. The number of hydrogen-bond acceptors (Lipinski definition) is 8. The number of nitrogen functional groups attached to an aromatic ring is 2. The van der Waals surface area contributed by atoms with Gasteiger partial charge in [-0.05, 0) is 31.2 Å². The van der Waals surface area contributed by atoms with Gasteiger partial charge in [0.15, 0.2) is 5.16 Å². The fourth-order valence-corrected chi connectivity index (χ4v) is 3.99. The minimum absolute atomic E-state index is 0.184. The van der Waals surface area contributed by atoms with Crippen molar-refractivity contribution >= 4 is 51.9 Å². The number of amides is 1. The van der Waals surface area contributed by atoms with Gasteiger partial charge in [0.1, 0.15) is 11.6 Å². The van der Waals surface area contributed by atoms with Gasteiger partial charge < -0.3 is 21.9 Å². The second-order valence-electron chi connectivity index (χ2n) is 7.20. The number of anilines is 3. The largest absolute Gasteiger partial charge is 0.478 e. The summed E-state index contributed by atoms with van der Waals surface area (Å²) in [4.78, 5) is 37.0. The van der Waals surface area contributed by atoms with Crippen LogP contribution < -0.4 is 16.8 Å². The summed E-state index contributed by atoms with van der Waals surface area (Å²) in [6, 6.07) is 17.1. The average molecular weight is 461 g/mol. The van der Waals surface area contributed by atoms with Gasteiger partial charge in [0.05, 0.1) is 22.0 Å². The Morgan fingerprint density at radius 2 is 1.64 bits per heavy atom. The molecule has 0 aliphatic heterocycles. The molecule has 10 heteroatoms. The minimum Gasteiger partial charge on any atom is -0.478 e. The predicted molar refractivity (Wildman–Crippen MR) is 129 cm³/mol. The highest BCUT2D eigenvalue weighted by atomic mass is 32.2. The van der Waals surface area contributed by atoms with Crippen LogP contribution in [0.25, 0.3) is 22.2 Å². The number of aromatic carboxylic acids is 1. The summed E-state index contributed by atoms with van der Waals surface area (Å²) in [5.74, 6) is -0.784. The number of carboxylic acid groups (broad SMARTS) is 1. The number of carbonyl (C=O) groups is 2. The lowest BCUT2D eigenvalue weighted by Gasteiger charge is -2.12. The zero-order valence-electron chi connectivity index (χ0n) is 17.5. The van der Waals surface area contributed by atoms with Crippen molar-refractivity contribution in [1.82, 2.24) is 15.0 Å². The summed E-state index contributed by atoms with van der Waals surface area (Å²) in [6.45, 7) is 1.73. The van der Waals surface area contributed by atoms with E-state index in [1.807, 2.05) is 6.07 Å². The number of carboxylic acids is 1. The first-order chi connectivity index (χ1) is 15.8. The molecule has 166 valence electrons. The Labute approximate surface area is 193 Å². The molecule has 33 heavy (non-hydrogen) atoms. The van der Waals surface area contributed by atoms with Gasteiger partial charge in [0.2, 0.25) is 5.91 Å². The van der Waals surface area contributed by atoms with Crippen LogP contribution in [-0.2, 0) is 4.79 Å². The number of carbonyl (C=O) groups excluding carboxylic acids is 1. The number of aromatic nitrogens is 3. The summed E-state index contributed by atoms with van der Waals surface area (Å²) >= 11 is 1.14. The molecule has 2 aromatic heterocycles. The second-order valence-corrected chi connectivity index (χ2v) is 8.51. The van der Waals surface area contributed by atoms with Crippen LogP contribution in [0.4, 0.5) is 17.3 Å². The summed E-state index contributed by atoms with van der Waals surface area (Å²) < 4.78 is 0. The van der Waals surface area contributed by atoms with Gasteiger partial charge >= 0.3 is 5.97 Å². The van der Waals surface area contributed by atoms with Crippen molar-refractivity contribution in [3.8, 4) is 11.3 Å². The number of nitrogens with zero attached hydrogens (tertiary/aromatic N) is 3. The average Bonchev–Trinajstić information content (AvgIpc) is 2.78. The number of hydrogen-bond donors (Lipinski definition) is 4. The lowest BCUT2D eigenvalue weighted by molar-refractivity contribution is -0.115. The Balaban J connectivity index is 1.50. The van der Waals surface area contributed by atoms with Gasteiger partial charge in [-0.3, -0.25) is 4.79 Å². The Kier molecular flexibility index (Phi) is 6.09. The molecular formula is C23H20N6O3S. The molecule has 4 rings (SSSR count). The van der Waals surface area contributed by atoms with Crippen molar-refractivity contribution in [2.75, 3.05) is 16.8 Å². The molecule has 0 saturated heterocycles. The zero-order chi connectivity index (χ0) is 23.5. The third-order valence-corrected chi connectivity index (χ3v) is 5.75. The summed E-state index contributed by atoms with van der Waals surface area (Å²) in [7, 11) is 0. The van der Waals surface area contributed by atoms with E-state index in [-0.39, 0.29) is 23.1 Å².